The molecule has 0 spiro atoms. The Balaban J connectivity index is 1.57. The number of carbonyl (C=O) groups is 1. The first kappa shape index (κ1) is 12.6. The molecular formula is C16H20FNO. The number of halogens is 1. The van der Waals surface area contributed by atoms with Gasteiger partial charge in [0.05, 0.1) is 0 Å². The lowest BCUT2D eigenvalue weighted by atomic mass is 9.86. The number of carbonyl (C=O) groups excluding carboxylic acids is 1. The zero-order valence-electron chi connectivity index (χ0n) is 11.3. The maximum atomic E-state index is 13.4. The Hall–Kier alpha value is -1.38. The van der Waals surface area contributed by atoms with Crippen LogP contribution >= 0.6 is 0 Å². The average Bonchev–Trinajstić information content (AvgIpc) is 2.96. The van der Waals surface area contributed by atoms with E-state index in [0.29, 0.717) is 23.6 Å². The summed E-state index contributed by atoms with van der Waals surface area (Å²) in [6.07, 6.45) is 5.77. The van der Waals surface area contributed by atoms with Gasteiger partial charge in [-0.15, -0.1) is 0 Å². The maximum Gasteiger partial charge on any atom is 0.224 e. The average molecular weight is 261 g/mol. The highest BCUT2D eigenvalue weighted by atomic mass is 19.1. The van der Waals surface area contributed by atoms with E-state index in [1.807, 2.05) is 0 Å². The van der Waals surface area contributed by atoms with Crippen molar-refractivity contribution < 1.29 is 9.18 Å². The van der Waals surface area contributed by atoms with Crippen molar-refractivity contribution in [1.29, 1.82) is 0 Å². The van der Waals surface area contributed by atoms with E-state index >= 15 is 0 Å². The van der Waals surface area contributed by atoms with Gasteiger partial charge in [0.15, 0.2) is 0 Å². The molecule has 2 aliphatic rings. The Labute approximate surface area is 113 Å². The first-order valence-corrected chi connectivity index (χ1v) is 7.18. The fourth-order valence-corrected chi connectivity index (χ4v) is 3.75. The summed E-state index contributed by atoms with van der Waals surface area (Å²) in [5, 5.41) is 2.82. The second kappa shape index (κ2) is 4.95. The van der Waals surface area contributed by atoms with E-state index in [0.717, 1.165) is 11.8 Å². The molecule has 3 heteroatoms. The van der Waals surface area contributed by atoms with Crippen molar-refractivity contribution in [1.82, 2.24) is 0 Å². The number of benzene rings is 1. The van der Waals surface area contributed by atoms with Crippen LogP contribution in [0.4, 0.5) is 10.1 Å². The standard InChI is InChI=1S/C16H20FNO/c1-10-2-5-14(9-15(10)17)18-16(19)8-13-7-11-3-4-12(13)6-11/h2,5,9,11-13H,3-4,6-8H2,1H3,(H,18,19)/t11-,12-,13-/m0/s1. The van der Waals surface area contributed by atoms with Crippen LogP contribution < -0.4 is 5.32 Å². The van der Waals surface area contributed by atoms with Crippen LogP contribution in [0.2, 0.25) is 0 Å². The van der Waals surface area contributed by atoms with Crippen molar-refractivity contribution >= 4 is 11.6 Å². The number of hydrogen-bond donors (Lipinski definition) is 1. The Bertz CT molecular complexity index is 500. The molecule has 0 aliphatic heterocycles. The van der Waals surface area contributed by atoms with Gasteiger partial charge in [0.1, 0.15) is 5.82 Å². The van der Waals surface area contributed by atoms with Crippen LogP contribution in [-0.4, -0.2) is 5.91 Å². The maximum absolute atomic E-state index is 13.4. The van der Waals surface area contributed by atoms with Crippen LogP contribution in [0.5, 0.6) is 0 Å². The molecule has 1 N–H and O–H groups in total. The van der Waals surface area contributed by atoms with Gasteiger partial charge in [0.25, 0.3) is 0 Å². The van der Waals surface area contributed by atoms with Gasteiger partial charge < -0.3 is 5.32 Å². The summed E-state index contributed by atoms with van der Waals surface area (Å²) >= 11 is 0. The summed E-state index contributed by atoms with van der Waals surface area (Å²) < 4.78 is 13.4. The van der Waals surface area contributed by atoms with E-state index in [4.69, 9.17) is 0 Å². The predicted molar refractivity (Wildman–Crippen MR) is 73.3 cm³/mol. The molecule has 0 radical (unpaired) electrons. The summed E-state index contributed by atoms with van der Waals surface area (Å²) in [5.74, 6) is 1.93. The van der Waals surface area contributed by atoms with Gasteiger partial charge in [-0.25, -0.2) is 4.39 Å². The third-order valence-corrected chi connectivity index (χ3v) is 4.79. The fraction of sp³-hybridized carbons (Fsp3) is 0.562. The monoisotopic (exact) mass is 261 g/mol. The molecule has 0 saturated heterocycles. The van der Waals surface area contributed by atoms with Crippen LogP contribution in [0.25, 0.3) is 0 Å². The summed E-state index contributed by atoms with van der Waals surface area (Å²) in [6.45, 7) is 1.72. The van der Waals surface area contributed by atoms with Crippen molar-refractivity contribution in [2.45, 2.75) is 39.0 Å². The molecule has 0 aromatic heterocycles. The van der Waals surface area contributed by atoms with Crippen LogP contribution in [0.3, 0.4) is 0 Å². The van der Waals surface area contributed by atoms with Crippen molar-refractivity contribution in [2.24, 2.45) is 17.8 Å². The van der Waals surface area contributed by atoms with Crippen LogP contribution in [0.1, 0.15) is 37.7 Å². The highest BCUT2D eigenvalue weighted by molar-refractivity contribution is 5.90. The number of hydrogen-bond acceptors (Lipinski definition) is 1. The van der Waals surface area contributed by atoms with Crippen LogP contribution in [0, 0.1) is 30.5 Å². The molecule has 19 heavy (non-hydrogen) atoms. The summed E-state index contributed by atoms with van der Waals surface area (Å²) in [7, 11) is 0. The Morgan fingerprint density at radius 1 is 1.37 bits per heavy atom. The first-order valence-electron chi connectivity index (χ1n) is 7.18. The lowest BCUT2D eigenvalue weighted by molar-refractivity contribution is -0.117. The number of rotatable bonds is 3. The van der Waals surface area contributed by atoms with Gasteiger partial charge in [-0.1, -0.05) is 12.5 Å². The number of fused-ring (bicyclic) bond motifs is 2. The van der Waals surface area contributed by atoms with Crippen molar-refractivity contribution in [2.75, 3.05) is 5.32 Å². The van der Waals surface area contributed by atoms with Gasteiger partial charge in [0.2, 0.25) is 5.91 Å². The van der Waals surface area contributed by atoms with Gasteiger partial charge >= 0.3 is 0 Å². The molecular weight excluding hydrogens is 241 g/mol. The lowest BCUT2D eigenvalue weighted by Gasteiger charge is -2.20. The summed E-state index contributed by atoms with van der Waals surface area (Å²) in [5.41, 5.74) is 1.17. The Kier molecular flexibility index (Phi) is 3.29. The molecule has 0 unspecified atom stereocenters. The molecule has 1 amide bonds. The van der Waals surface area contributed by atoms with Gasteiger partial charge in [-0.3, -0.25) is 4.79 Å². The zero-order valence-corrected chi connectivity index (χ0v) is 11.3. The minimum Gasteiger partial charge on any atom is -0.326 e. The van der Waals surface area contributed by atoms with E-state index in [9.17, 15) is 9.18 Å². The van der Waals surface area contributed by atoms with Crippen LogP contribution in [-0.2, 0) is 4.79 Å². The molecule has 2 saturated carbocycles. The molecule has 2 nitrogen and oxygen atoms in total. The highest BCUT2D eigenvalue weighted by Gasteiger charge is 2.40. The molecule has 0 heterocycles. The quantitative estimate of drug-likeness (QED) is 0.878. The SMILES string of the molecule is Cc1ccc(NC(=O)C[C@@H]2C[C@H]3CC[C@H]2C3)cc1F. The second-order valence-corrected chi connectivity index (χ2v) is 6.15. The fourth-order valence-electron chi connectivity index (χ4n) is 3.75. The van der Waals surface area contributed by atoms with Crippen molar-refractivity contribution in [3.8, 4) is 0 Å². The molecule has 2 bridgehead atoms. The molecule has 1 aromatic carbocycles. The first-order chi connectivity index (χ1) is 9.11. The molecule has 102 valence electrons. The third kappa shape index (κ3) is 2.65. The number of aryl methyl sites for hydroxylation is 1. The van der Waals surface area contributed by atoms with E-state index < -0.39 is 0 Å². The second-order valence-electron chi connectivity index (χ2n) is 6.15. The van der Waals surface area contributed by atoms with E-state index in [2.05, 4.69) is 5.32 Å². The Morgan fingerprint density at radius 2 is 2.21 bits per heavy atom. The summed E-state index contributed by atoms with van der Waals surface area (Å²) in [4.78, 5) is 12.0. The molecule has 3 atom stereocenters. The lowest BCUT2D eigenvalue weighted by Crippen LogP contribution is -2.20. The van der Waals surface area contributed by atoms with Crippen molar-refractivity contribution in [3.63, 3.8) is 0 Å². The molecule has 3 rings (SSSR count). The largest absolute Gasteiger partial charge is 0.326 e. The molecule has 1 aromatic rings. The number of amides is 1. The van der Waals surface area contributed by atoms with Crippen LogP contribution in [0.15, 0.2) is 18.2 Å². The van der Waals surface area contributed by atoms with E-state index in [1.54, 1.807) is 19.1 Å². The topological polar surface area (TPSA) is 29.1 Å². The van der Waals surface area contributed by atoms with Gasteiger partial charge in [-0.05, 0) is 61.6 Å². The minimum atomic E-state index is -0.266. The zero-order chi connectivity index (χ0) is 13.4. The molecule has 2 aliphatic carbocycles. The van der Waals surface area contributed by atoms with Gasteiger partial charge in [0, 0.05) is 12.1 Å². The predicted octanol–water partition coefficient (Wildman–Crippen LogP) is 3.90. The number of nitrogens with one attached hydrogen (secondary N) is 1. The summed E-state index contributed by atoms with van der Waals surface area (Å²) in [6, 6.07) is 4.85. The molecule has 2 fully saturated rings. The Morgan fingerprint density at radius 3 is 2.84 bits per heavy atom. The normalized spacial score (nSPS) is 28.6. The third-order valence-electron chi connectivity index (χ3n) is 4.79. The van der Waals surface area contributed by atoms with Gasteiger partial charge in [-0.2, -0.15) is 0 Å². The van der Waals surface area contributed by atoms with Crippen molar-refractivity contribution in [3.05, 3.63) is 29.6 Å². The van der Waals surface area contributed by atoms with E-state index in [1.165, 1.54) is 31.7 Å². The number of anilines is 1. The highest BCUT2D eigenvalue weighted by Crippen LogP contribution is 2.49. The van der Waals surface area contributed by atoms with E-state index in [-0.39, 0.29) is 11.7 Å². The minimum absolute atomic E-state index is 0.0285. The smallest absolute Gasteiger partial charge is 0.224 e.